The molecule has 0 unspecified atom stereocenters. The number of benzene rings is 1. The molecular weight excluding hydrogens is 384 g/mol. The Labute approximate surface area is 167 Å². The van der Waals surface area contributed by atoms with Gasteiger partial charge in [-0.05, 0) is 26.2 Å². The maximum Gasteiger partial charge on any atom is 0.270 e. The van der Waals surface area contributed by atoms with Crippen LogP contribution in [0.2, 0.25) is 0 Å². The zero-order valence-electron chi connectivity index (χ0n) is 16.5. The summed E-state index contributed by atoms with van der Waals surface area (Å²) in [5, 5.41) is 7.35. The van der Waals surface area contributed by atoms with E-state index >= 15 is 0 Å². The number of carbonyl (C=O) groups is 2. The van der Waals surface area contributed by atoms with Gasteiger partial charge in [-0.1, -0.05) is 0 Å². The lowest BCUT2D eigenvalue weighted by molar-refractivity contribution is 0.0945. The van der Waals surface area contributed by atoms with Crippen LogP contribution in [0.1, 0.15) is 20.8 Å². The third-order valence-electron chi connectivity index (χ3n) is 3.75. The first-order chi connectivity index (χ1) is 13.4. The Morgan fingerprint density at radius 2 is 1.79 bits per heavy atom. The summed E-state index contributed by atoms with van der Waals surface area (Å²) in [6.07, 6.45) is 0. The van der Waals surface area contributed by atoms with Crippen molar-refractivity contribution in [3.63, 3.8) is 0 Å². The number of likely N-dealkylation sites (N-methyl/N-ethyl adjacent to an activating group) is 1. The molecule has 2 N–H and O–H groups in total. The van der Waals surface area contributed by atoms with Gasteiger partial charge in [0.2, 0.25) is 5.75 Å². The van der Waals surface area contributed by atoms with E-state index in [-0.39, 0.29) is 22.9 Å². The Bertz CT molecular complexity index is 837. The number of methoxy groups -OCH3 is 3. The topological polar surface area (TPSA) is 102 Å². The highest BCUT2D eigenvalue weighted by atomic mass is 32.1. The molecule has 0 aliphatic rings. The lowest BCUT2D eigenvalue weighted by Gasteiger charge is -2.15. The van der Waals surface area contributed by atoms with Crippen LogP contribution >= 0.6 is 11.3 Å². The number of nitrogens with one attached hydrogen (secondary N) is 2. The van der Waals surface area contributed by atoms with E-state index in [4.69, 9.17) is 14.2 Å². The first-order valence-corrected chi connectivity index (χ1v) is 9.28. The number of aromatic nitrogens is 1. The predicted molar refractivity (Wildman–Crippen MR) is 107 cm³/mol. The molecule has 28 heavy (non-hydrogen) atoms. The van der Waals surface area contributed by atoms with E-state index in [0.29, 0.717) is 23.2 Å². The van der Waals surface area contributed by atoms with Crippen LogP contribution < -0.4 is 24.8 Å². The molecule has 0 aliphatic heterocycles. The summed E-state index contributed by atoms with van der Waals surface area (Å²) in [7, 11) is 8.24. The van der Waals surface area contributed by atoms with Gasteiger partial charge in [-0.3, -0.25) is 14.9 Å². The number of hydrogen-bond donors (Lipinski definition) is 2. The molecule has 0 radical (unpaired) electrons. The maximum atomic E-state index is 12.7. The zero-order valence-corrected chi connectivity index (χ0v) is 17.3. The molecule has 1 aromatic carbocycles. The lowest BCUT2D eigenvalue weighted by atomic mass is 10.1. The summed E-state index contributed by atoms with van der Waals surface area (Å²) < 4.78 is 15.8. The van der Waals surface area contributed by atoms with Crippen molar-refractivity contribution in [3.8, 4) is 17.2 Å². The second kappa shape index (κ2) is 9.90. The van der Waals surface area contributed by atoms with E-state index in [0.717, 1.165) is 17.9 Å². The van der Waals surface area contributed by atoms with Crippen molar-refractivity contribution < 1.29 is 23.8 Å². The van der Waals surface area contributed by atoms with Crippen molar-refractivity contribution in [3.05, 3.63) is 28.8 Å². The van der Waals surface area contributed by atoms with Crippen molar-refractivity contribution in [2.45, 2.75) is 0 Å². The Morgan fingerprint density at radius 3 is 2.39 bits per heavy atom. The summed E-state index contributed by atoms with van der Waals surface area (Å²) >= 11 is 1.16. The molecule has 0 aliphatic carbocycles. The van der Waals surface area contributed by atoms with Gasteiger partial charge in [0.25, 0.3) is 11.8 Å². The number of thiazole rings is 1. The third-order valence-corrected chi connectivity index (χ3v) is 4.51. The normalized spacial score (nSPS) is 10.5. The first-order valence-electron chi connectivity index (χ1n) is 8.40. The molecule has 1 heterocycles. The van der Waals surface area contributed by atoms with Crippen LogP contribution in [0.15, 0.2) is 17.5 Å². The Morgan fingerprint density at radius 1 is 1.07 bits per heavy atom. The van der Waals surface area contributed by atoms with Gasteiger partial charge in [0, 0.05) is 18.5 Å². The number of rotatable bonds is 9. The van der Waals surface area contributed by atoms with Crippen LogP contribution in [-0.4, -0.2) is 70.2 Å². The smallest absolute Gasteiger partial charge is 0.270 e. The second-order valence-corrected chi connectivity index (χ2v) is 6.79. The van der Waals surface area contributed by atoms with Crippen LogP contribution in [0.3, 0.4) is 0 Å². The van der Waals surface area contributed by atoms with Gasteiger partial charge in [-0.15, -0.1) is 11.3 Å². The second-order valence-electron chi connectivity index (χ2n) is 5.93. The minimum atomic E-state index is -0.438. The number of anilines is 1. The van der Waals surface area contributed by atoms with E-state index < -0.39 is 5.91 Å². The number of amides is 2. The molecule has 2 aromatic rings. The van der Waals surface area contributed by atoms with Gasteiger partial charge in [0.15, 0.2) is 16.6 Å². The molecule has 0 saturated carbocycles. The molecule has 10 heteroatoms. The number of ether oxygens (including phenoxy) is 3. The predicted octanol–water partition coefficient (Wildman–Crippen LogP) is 1.71. The first kappa shape index (κ1) is 21.5. The Balaban J connectivity index is 2.12. The van der Waals surface area contributed by atoms with Gasteiger partial charge in [-0.2, -0.15) is 0 Å². The standard InChI is InChI=1S/C18H24N4O5S/c1-22(2)9-8-19-17(24)12-10-28-18(20-12)21-16(23)11-6-7-13(25-3)15(27-5)14(11)26-4/h6-7,10H,8-9H2,1-5H3,(H,19,24)(H,20,21,23). The van der Waals surface area contributed by atoms with Gasteiger partial charge in [-0.25, -0.2) is 4.98 Å². The fraction of sp³-hybridized carbons (Fsp3) is 0.389. The summed E-state index contributed by atoms with van der Waals surface area (Å²) in [5.41, 5.74) is 0.505. The van der Waals surface area contributed by atoms with E-state index in [1.807, 2.05) is 19.0 Å². The van der Waals surface area contributed by atoms with Crippen molar-refractivity contribution >= 4 is 28.3 Å². The molecule has 2 amide bonds. The molecule has 0 bridgehead atoms. The molecule has 0 spiro atoms. The summed E-state index contributed by atoms with van der Waals surface area (Å²) in [6.45, 7) is 1.23. The Kier molecular flexibility index (Phi) is 7.59. The maximum absolute atomic E-state index is 12.7. The van der Waals surface area contributed by atoms with Gasteiger partial charge >= 0.3 is 0 Å². The quantitative estimate of drug-likeness (QED) is 0.651. The highest BCUT2D eigenvalue weighted by molar-refractivity contribution is 7.14. The van der Waals surface area contributed by atoms with Gasteiger partial charge in [0.05, 0.1) is 26.9 Å². The minimum absolute atomic E-state index is 0.248. The number of hydrogen-bond acceptors (Lipinski definition) is 8. The van der Waals surface area contributed by atoms with E-state index in [1.165, 1.54) is 21.3 Å². The van der Waals surface area contributed by atoms with Crippen LogP contribution in [0.4, 0.5) is 5.13 Å². The largest absolute Gasteiger partial charge is 0.493 e. The molecule has 0 atom stereocenters. The molecule has 152 valence electrons. The van der Waals surface area contributed by atoms with Crippen LogP contribution in [0.25, 0.3) is 0 Å². The van der Waals surface area contributed by atoms with Crippen molar-refractivity contribution in [1.82, 2.24) is 15.2 Å². The van der Waals surface area contributed by atoms with Crippen molar-refractivity contribution in [2.24, 2.45) is 0 Å². The molecule has 0 saturated heterocycles. The van der Waals surface area contributed by atoms with Gasteiger partial charge in [0.1, 0.15) is 5.69 Å². The van der Waals surface area contributed by atoms with E-state index in [2.05, 4.69) is 15.6 Å². The lowest BCUT2D eigenvalue weighted by Crippen LogP contribution is -2.31. The average Bonchev–Trinajstić information content (AvgIpc) is 3.14. The molecular formula is C18H24N4O5S. The number of carbonyl (C=O) groups excluding carboxylic acids is 2. The molecule has 2 rings (SSSR count). The zero-order chi connectivity index (χ0) is 20.7. The van der Waals surface area contributed by atoms with Crippen LogP contribution in [0, 0.1) is 0 Å². The monoisotopic (exact) mass is 408 g/mol. The minimum Gasteiger partial charge on any atom is -0.493 e. The van der Waals surface area contributed by atoms with Crippen LogP contribution in [0.5, 0.6) is 17.2 Å². The average molecular weight is 408 g/mol. The molecule has 9 nitrogen and oxygen atoms in total. The molecule has 1 aromatic heterocycles. The van der Waals surface area contributed by atoms with Crippen LogP contribution in [-0.2, 0) is 0 Å². The highest BCUT2D eigenvalue weighted by Gasteiger charge is 2.21. The van der Waals surface area contributed by atoms with Crippen molar-refractivity contribution in [2.75, 3.05) is 53.8 Å². The highest BCUT2D eigenvalue weighted by Crippen LogP contribution is 2.40. The van der Waals surface area contributed by atoms with E-state index in [9.17, 15) is 9.59 Å². The number of nitrogens with zero attached hydrogens (tertiary/aromatic N) is 2. The Hall–Kier alpha value is -2.85. The fourth-order valence-electron chi connectivity index (χ4n) is 2.36. The third kappa shape index (κ3) is 5.11. The molecule has 0 fully saturated rings. The summed E-state index contributed by atoms with van der Waals surface area (Å²) in [5.74, 6) is 0.283. The summed E-state index contributed by atoms with van der Waals surface area (Å²) in [6, 6.07) is 3.18. The fourth-order valence-corrected chi connectivity index (χ4v) is 3.05. The van der Waals surface area contributed by atoms with E-state index in [1.54, 1.807) is 17.5 Å². The van der Waals surface area contributed by atoms with Gasteiger partial charge < -0.3 is 24.4 Å². The van der Waals surface area contributed by atoms with Crippen molar-refractivity contribution in [1.29, 1.82) is 0 Å². The SMILES string of the molecule is COc1ccc(C(=O)Nc2nc(C(=O)NCCN(C)C)cs2)c(OC)c1OC. The summed E-state index contributed by atoms with van der Waals surface area (Å²) in [4.78, 5) is 30.9.